The summed E-state index contributed by atoms with van der Waals surface area (Å²) >= 11 is 6.25. The Kier molecular flexibility index (Phi) is 6.83. The lowest BCUT2D eigenvalue weighted by molar-refractivity contribution is 0.0954. The van der Waals surface area contributed by atoms with E-state index in [2.05, 4.69) is 10.5 Å². The highest BCUT2D eigenvalue weighted by molar-refractivity contribution is 6.32. The molecular weight excluding hydrogens is 340 g/mol. The second-order valence-corrected chi connectivity index (χ2v) is 5.62. The van der Waals surface area contributed by atoms with Gasteiger partial charge < -0.3 is 9.47 Å². The molecule has 1 amide bonds. The number of hydrazone groups is 1. The number of amides is 1. The summed E-state index contributed by atoms with van der Waals surface area (Å²) in [7, 11) is 0. The number of hydrogen-bond acceptors (Lipinski definition) is 4. The molecule has 25 heavy (non-hydrogen) atoms. The molecule has 0 aliphatic carbocycles. The fraction of sp³-hybridized carbons (Fsp3) is 0.263. The first-order chi connectivity index (χ1) is 12.1. The van der Waals surface area contributed by atoms with Crippen LogP contribution in [0.15, 0.2) is 41.5 Å². The molecule has 5 nitrogen and oxygen atoms in total. The fourth-order valence-corrected chi connectivity index (χ4v) is 2.54. The standard InChI is InChI=1S/C19H21ClN2O3/c1-4-24-17-11-14(10-16(20)18(17)25-5-2)12-21-22-19(23)15-9-7-6-8-13(15)3/h6-12H,4-5H2,1-3H3,(H,22,23)/b21-12+. The molecule has 0 aromatic heterocycles. The van der Waals surface area contributed by atoms with Crippen LogP contribution in [0.2, 0.25) is 5.02 Å². The van der Waals surface area contributed by atoms with E-state index in [4.69, 9.17) is 21.1 Å². The molecule has 0 atom stereocenters. The summed E-state index contributed by atoms with van der Waals surface area (Å²) in [6.45, 7) is 6.61. The second kappa shape index (κ2) is 9.08. The predicted molar refractivity (Wildman–Crippen MR) is 100 cm³/mol. The van der Waals surface area contributed by atoms with Crippen LogP contribution in [-0.2, 0) is 0 Å². The summed E-state index contributed by atoms with van der Waals surface area (Å²) in [5.74, 6) is 0.784. The van der Waals surface area contributed by atoms with Gasteiger partial charge in [0.05, 0.1) is 24.5 Å². The number of ether oxygens (including phenoxy) is 2. The van der Waals surface area contributed by atoms with Crippen molar-refractivity contribution in [3.63, 3.8) is 0 Å². The third-order valence-corrected chi connectivity index (χ3v) is 3.67. The van der Waals surface area contributed by atoms with Crippen molar-refractivity contribution in [2.45, 2.75) is 20.8 Å². The Morgan fingerprint density at radius 3 is 2.60 bits per heavy atom. The average molecular weight is 361 g/mol. The first-order valence-corrected chi connectivity index (χ1v) is 8.42. The van der Waals surface area contributed by atoms with E-state index >= 15 is 0 Å². The second-order valence-electron chi connectivity index (χ2n) is 5.21. The van der Waals surface area contributed by atoms with Gasteiger partial charge in [-0.2, -0.15) is 5.10 Å². The van der Waals surface area contributed by atoms with Crippen LogP contribution in [0.4, 0.5) is 0 Å². The highest BCUT2D eigenvalue weighted by Crippen LogP contribution is 2.36. The molecule has 6 heteroatoms. The molecule has 2 aromatic rings. The van der Waals surface area contributed by atoms with E-state index in [1.807, 2.05) is 39.0 Å². The van der Waals surface area contributed by atoms with Crippen molar-refractivity contribution < 1.29 is 14.3 Å². The molecule has 0 bridgehead atoms. The predicted octanol–water partition coefficient (Wildman–Crippen LogP) is 4.21. The van der Waals surface area contributed by atoms with Crippen LogP contribution in [-0.4, -0.2) is 25.3 Å². The molecule has 0 saturated carbocycles. The molecule has 0 fully saturated rings. The lowest BCUT2D eigenvalue weighted by Gasteiger charge is -2.13. The Bertz CT molecular complexity index is 775. The Balaban J connectivity index is 2.15. The van der Waals surface area contributed by atoms with E-state index in [-0.39, 0.29) is 5.91 Å². The van der Waals surface area contributed by atoms with Crippen molar-refractivity contribution in [1.29, 1.82) is 0 Å². The first kappa shape index (κ1) is 18.8. The molecule has 0 spiro atoms. The number of carbonyl (C=O) groups excluding carboxylic acids is 1. The van der Waals surface area contributed by atoms with Crippen molar-refractivity contribution in [1.82, 2.24) is 5.43 Å². The minimum atomic E-state index is -0.267. The maximum absolute atomic E-state index is 12.1. The molecule has 132 valence electrons. The van der Waals surface area contributed by atoms with E-state index in [1.165, 1.54) is 6.21 Å². The van der Waals surface area contributed by atoms with Gasteiger partial charge in [-0.15, -0.1) is 0 Å². The highest BCUT2D eigenvalue weighted by Gasteiger charge is 2.12. The lowest BCUT2D eigenvalue weighted by atomic mass is 10.1. The van der Waals surface area contributed by atoms with Crippen molar-refractivity contribution in [3.8, 4) is 11.5 Å². The van der Waals surface area contributed by atoms with Gasteiger partial charge in [-0.1, -0.05) is 29.8 Å². The van der Waals surface area contributed by atoms with Crippen molar-refractivity contribution in [2.75, 3.05) is 13.2 Å². The van der Waals surface area contributed by atoms with Gasteiger partial charge in [-0.3, -0.25) is 4.79 Å². The monoisotopic (exact) mass is 360 g/mol. The van der Waals surface area contributed by atoms with Gasteiger partial charge in [-0.05, 0) is 50.1 Å². The van der Waals surface area contributed by atoms with Gasteiger partial charge in [0, 0.05) is 5.56 Å². The van der Waals surface area contributed by atoms with Gasteiger partial charge in [0.25, 0.3) is 5.91 Å². The van der Waals surface area contributed by atoms with E-state index in [1.54, 1.807) is 18.2 Å². The normalized spacial score (nSPS) is 10.7. The summed E-state index contributed by atoms with van der Waals surface area (Å²) in [5.41, 5.74) is 4.68. The number of halogens is 1. The Morgan fingerprint density at radius 2 is 1.92 bits per heavy atom. The van der Waals surface area contributed by atoms with Crippen LogP contribution < -0.4 is 14.9 Å². The van der Waals surface area contributed by atoms with Crippen LogP contribution >= 0.6 is 11.6 Å². The van der Waals surface area contributed by atoms with Crippen molar-refractivity contribution in [2.24, 2.45) is 5.10 Å². The smallest absolute Gasteiger partial charge is 0.271 e. The Hall–Kier alpha value is -2.53. The maximum Gasteiger partial charge on any atom is 0.271 e. The topological polar surface area (TPSA) is 59.9 Å². The van der Waals surface area contributed by atoms with E-state index in [9.17, 15) is 4.79 Å². The summed E-state index contributed by atoms with van der Waals surface area (Å²) in [6, 6.07) is 10.8. The molecule has 0 unspecified atom stereocenters. The van der Waals surface area contributed by atoms with Crippen LogP contribution in [0.25, 0.3) is 0 Å². The number of rotatable bonds is 7. The van der Waals surface area contributed by atoms with E-state index < -0.39 is 0 Å². The summed E-state index contributed by atoms with van der Waals surface area (Å²) < 4.78 is 11.1. The van der Waals surface area contributed by atoms with Crippen LogP contribution in [0.5, 0.6) is 11.5 Å². The van der Waals surface area contributed by atoms with Crippen LogP contribution in [0.1, 0.15) is 35.3 Å². The fourth-order valence-electron chi connectivity index (χ4n) is 2.26. The van der Waals surface area contributed by atoms with Gasteiger partial charge in [0.15, 0.2) is 11.5 Å². The number of hydrogen-bond donors (Lipinski definition) is 1. The molecule has 0 saturated heterocycles. The zero-order valence-electron chi connectivity index (χ0n) is 14.5. The van der Waals surface area contributed by atoms with E-state index in [0.717, 1.165) is 5.56 Å². The molecule has 0 aliphatic rings. The molecule has 0 heterocycles. The quantitative estimate of drug-likeness (QED) is 0.594. The zero-order valence-corrected chi connectivity index (χ0v) is 15.3. The van der Waals surface area contributed by atoms with Gasteiger partial charge in [0.1, 0.15) is 0 Å². The van der Waals surface area contributed by atoms with Gasteiger partial charge in [0.2, 0.25) is 0 Å². The number of benzene rings is 2. The summed E-state index contributed by atoms with van der Waals surface area (Å²) in [6.07, 6.45) is 1.51. The zero-order chi connectivity index (χ0) is 18.2. The largest absolute Gasteiger partial charge is 0.490 e. The first-order valence-electron chi connectivity index (χ1n) is 8.05. The number of nitrogens with zero attached hydrogens (tertiary/aromatic N) is 1. The van der Waals surface area contributed by atoms with Crippen LogP contribution in [0.3, 0.4) is 0 Å². The third-order valence-electron chi connectivity index (χ3n) is 3.39. The van der Waals surface area contributed by atoms with E-state index in [0.29, 0.717) is 40.9 Å². The molecule has 1 N–H and O–H groups in total. The maximum atomic E-state index is 12.1. The molecule has 2 aromatic carbocycles. The SMILES string of the molecule is CCOc1cc(/C=N/NC(=O)c2ccccc2C)cc(Cl)c1OCC. The molecule has 0 aliphatic heterocycles. The lowest BCUT2D eigenvalue weighted by Crippen LogP contribution is -2.18. The number of aryl methyl sites for hydroxylation is 1. The summed E-state index contributed by atoms with van der Waals surface area (Å²) in [5, 5.41) is 4.43. The number of carbonyl (C=O) groups is 1. The minimum Gasteiger partial charge on any atom is -0.490 e. The third kappa shape index (κ3) is 4.97. The molecule has 2 rings (SSSR count). The Labute approximate surface area is 152 Å². The van der Waals surface area contributed by atoms with Crippen molar-refractivity contribution in [3.05, 3.63) is 58.1 Å². The van der Waals surface area contributed by atoms with Gasteiger partial charge in [-0.25, -0.2) is 5.43 Å². The van der Waals surface area contributed by atoms with Gasteiger partial charge >= 0.3 is 0 Å². The molecule has 0 radical (unpaired) electrons. The highest BCUT2D eigenvalue weighted by atomic mass is 35.5. The summed E-state index contributed by atoms with van der Waals surface area (Å²) in [4.78, 5) is 12.1. The number of nitrogens with one attached hydrogen (secondary N) is 1. The molecular formula is C19H21ClN2O3. The van der Waals surface area contributed by atoms with Crippen LogP contribution in [0, 0.1) is 6.92 Å². The Morgan fingerprint density at radius 1 is 1.20 bits per heavy atom. The minimum absolute atomic E-state index is 0.267. The average Bonchev–Trinajstić information content (AvgIpc) is 2.58. The van der Waals surface area contributed by atoms with Crippen molar-refractivity contribution >= 4 is 23.7 Å².